The highest BCUT2D eigenvalue weighted by Crippen LogP contribution is 2.16. The molecule has 1 heterocycles. The topological polar surface area (TPSA) is 28.2 Å². The van der Waals surface area contributed by atoms with E-state index in [9.17, 15) is 0 Å². The molecule has 0 aliphatic rings. The van der Waals surface area contributed by atoms with Crippen LogP contribution in [-0.4, -0.2) is 24.1 Å². The van der Waals surface area contributed by atoms with Gasteiger partial charge in [-0.3, -0.25) is 0 Å². The van der Waals surface area contributed by atoms with E-state index < -0.39 is 0 Å². The third kappa shape index (κ3) is 6.94. The molecule has 1 aromatic rings. The van der Waals surface area contributed by atoms with Gasteiger partial charge >= 0.3 is 0 Å². The first-order chi connectivity index (χ1) is 9.85. The minimum Gasteiger partial charge on any atom is -0.360 e. The Morgan fingerprint density at radius 3 is 2.43 bits per heavy atom. The zero-order valence-corrected chi connectivity index (χ0v) is 14.8. The van der Waals surface area contributed by atoms with Gasteiger partial charge in [0.15, 0.2) is 0 Å². The fourth-order valence-electron chi connectivity index (χ4n) is 2.19. The van der Waals surface area contributed by atoms with Crippen LogP contribution in [0.15, 0.2) is 12.1 Å². The molecule has 0 aliphatic heterocycles. The van der Waals surface area contributed by atoms with Crippen molar-refractivity contribution >= 4 is 5.82 Å². The molecule has 0 atom stereocenters. The fourth-order valence-corrected chi connectivity index (χ4v) is 2.19. The number of hydrogen-bond acceptors (Lipinski definition) is 3. The molecule has 0 amide bonds. The number of nitrogens with zero attached hydrogens (tertiary/aromatic N) is 2. The van der Waals surface area contributed by atoms with Gasteiger partial charge in [-0.2, -0.15) is 0 Å². The van der Waals surface area contributed by atoms with Crippen LogP contribution < -0.4 is 10.2 Å². The molecule has 0 aliphatic carbocycles. The second-order valence-electron chi connectivity index (χ2n) is 6.91. The molecule has 1 rings (SSSR count). The Balaban J connectivity index is 2.79. The van der Waals surface area contributed by atoms with Crippen molar-refractivity contribution in [3.05, 3.63) is 23.4 Å². The Morgan fingerprint density at radius 1 is 1.14 bits per heavy atom. The molecule has 0 bridgehead atoms. The van der Waals surface area contributed by atoms with Gasteiger partial charge in [0.05, 0.1) is 0 Å². The average molecular weight is 291 g/mol. The number of aryl methyl sites for hydroxylation is 1. The summed E-state index contributed by atoms with van der Waals surface area (Å²) in [5.41, 5.74) is 2.65. The monoisotopic (exact) mass is 291 g/mol. The first-order valence-electron chi connectivity index (χ1n) is 8.31. The molecule has 1 N–H and O–H groups in total. The molecule has 3 nitrogen and oxygen atoms in total. The van der Waals surface area contributed by atoms with E-state index in [1.807, 2.05) is 0 Å². The third-order valence-corrected chi connectivity index (χ3v) is 3.60. The van der Waals surface area contributed by atoms with E-state index in [0.717, 1.165) is 25.3 Å². The van der Waals surface area contributed by atoms with E-state index in [-0.39, 0.29) is 5.54 Å². The molecule has 0 saturated heterocycles. The highest BCUT2D eigenvalue weighted by Gasteiger charge is 2.11. The molecule has 0 fully saturated rings. The smallest absolute Gasteiger partial charge is 0.128 e. The second-order valence-corrected chi connectivity index (χ2v) is 6.91. The number of hydrogen-bond donors (Lipinski definition) is 1. The van der Waals surface area contributed by atoms with Crippen LogP contribution in [0.25, 0.3) is 0 Å². The number of pyridine rings is 1. The van der Waals surface area contributed by atoms with Crippen molar-refractivity contribution in [3.63, 3.8) is 0 Å². The first kappa shape index (κ1) is 18.0. The minimum atomic E-state index is 0.142. The number of unbranched alkanes of at least 4 members (excludes halogenated alkanes) is 2. The van der Waals surface area contributed by atoms with Crippen LogP contribution in [0, 0.1) is 0 Å². The lowest BCUT2D eigenvalue weighted by atomic mass is 10.1. The van der Waals surface area contributed by atoms with E-state index >= 15 is 0 Å². The van der Waals surface area contributed by atoms with Crippen LogP contribution in [0.2, 0.25) is 0 Å². The summed E-state index contributed by atoms with van der Waals surface area (Å²) in [5, 5.41) is 3.56. The lowest BCUT2D eigenvalue weighted by Crippen LogP contribution is -2.35. The van der Waals surface area contributed by atoms with Crippen LogP contribution >= 0.6 is 0 Å². The van der Waals surface area contributed by atoms with Crippen molar-refractivity contribution in [2.75, 3.05) is 18.5 Å². The van der Waals surface area contributed by atoms with Crippen molar-refractivity contribution in [2.24, 2.45) is 0 Å². The highest BCUT2D eigenvalue weighted by molar-refractivity contribution is 5.42. The molecular weight excluding hydrogens is 258 g/mol. The molecule has 0 saturated carbocycles. The van der Waals surface area contributed by atoms with Gasteiger partial charge in [0.1, 0.15) is 5.82 Å². The van der Waals surface area contributed by atoms with Gasteiger partial charge in [0.2, 0.25) is 0 Å². The molecule has 0 unspecified atom stereocenters. The van der Waals surface area contributed by atoms with Crippen LogP contribution in [0.3, 0.4) is 0 Å². The van der Waals surface area contributed by atoms with Gasteiger partial charge in [-0.25, -0.2) is 4.98 Å². The summed E-state index contributed by atoms with van der Waals surface area (Å²) in [6, 6.07) is 4.45. The minimum absolute atomic E-state index is 0.142. The van der Waals surface area contributed by atoms with Crippen LogP contribution in [-0.2, 0) is 13.0 Å². The molecule has 0 spiro atoms. The van der Waals surface area contributed by atoms with Gasteiger partial charge in [0.25, 0.3) is 0 Å². The molecule has 120 valence electrons. The SMILES string of the molecule is CCCCCN(C)c1cc(CNC(C)(C)C)cc(CC)n1. The van der Waals surface area contributed by atoms with Crippen molar-refractivity contribution in [1.29, 1.82) is 0 Å². The number of nitrogens with one attached hydrogen (secondary N) is 1. The maximum absolute atomic E-state index is 4.77. The maximum Gasteiger partial charge on any atom is 0.128 e. The maximum atomic E-state index is 4.77. The van der Waals surface area contributed by atoms with Gasteiger partial charge in [0, 0.05) is 31.4 Å². The third-order valence-electron chi connectivity index (χ3n) is 3.60. The van der Waals surface area contributed by atoms with Crippen molar-refractivity contribution in [3.8, 4) is 0 Å². The van der Waals surface area contributed by atoms with Crippen LogP contribution in [0.1, 0.15) is 65.1 Å². The van der Waals surface area contributed by atoms with Crippen molar-refractivity contribution < 1.29 is 0 Å². The predicted octanol–water partition coefficient (Wildman–Crippen LogP) is 4.16. The van der Waals surface area contributed by atoms with Gasteiger partial charge < -0.3 is 10.2 Å². The molecule has 0 aromatic carbocycles. The summed E-state index contributed by atoms with van der Waals surface area (Å²) in [6.45, 7) is 13.0. The Morgan fingerprint density at radius 2 is 1.86 bits per heavy atom. The molecule has 21 heavy (non-hydrogen) atoms. The van der Waals surface area contributed by atoms with E-state index in [4.69, 9.17) is 4.98 Å². The predicted molar refractivity (Wildman–Crippen MR) is 93.0 cm³/mol. The largest absolute Gasteiger partial charge is 0.360 e. The van der Waals surface area contributed by atoms with E-state index in [0.29, 0.717) is 0 Å². The summed E-state index contributed by atoms with van der Waals surface area (Å²) >= 11 is 0. The quantitative estimate of drug-likeness (QED) is 0.729. The lowest BCUT2D eigenvalue weighted by Gasteiger charge is -2.23. The summed E-state index contributed by atoms with van der Waals surface area (Å²) < 4.78 is 0. The standard InChI is InChI=1S/C18H33N3/c1-7-9-10-11-21(6)17-13-15(12-16(8-2)20-17)14-19-18(3,4)5/h12-13,19H,7-11,14H2,1-6H3. The van der Waals surface area contributed by atoms with Crippen molar-refractivity contribution in [1.82, 2.24) is 10.3 Å². The zero-order valence-electron chi connectivity index (χ0n) is 14.8. The normalized spacial score (nSPS) is 11.7. The Kier molecular flexibility index (Phi) is 7.16. The van der Waals surface area contributed by atoms with Crippen molar-refractivity contribution in [2.45, 2.75) is 72.4 Å². The molecule has 0 radical (unpaired) electrons. The van der Waals surface area contributed by atoms with E-state index in [1.54, 1.807) is 0 Å². The first-order valence-corrected chi connectivity index (χ1v) is 8.31. The molecular formula is C18H33N3. The summed E-state index contributed by atoms with van der Waals surface area (Å²) in [4.78, 5) is 7.06. The zero-order chi connectivity index (χ0) is 15.9. The molecule has 1 aromatic heterocycles. The number of aromatic nitrogens is 1. The Hall–Kier alpha value is -1.09. The lowest BCUT2D eigenvalue weighted by molar-refractivity contribution is 0.424. The Bertz CT molecular complexity index is 421. The fraction of sp³-hybridized carbons (Fsp3) is 0.722. The number of anilines is 1. The summed E-state index contributed by atoms with van der Waals surface area (Å²) in [6.07, 6.45) is 4.77. The van der Waals surface area contributed by atoms with Gasteiger partial charge in [-0.15, -0.1) is 0 Å². The van der Waals surface area contributed by atoms with Crippen LogP contribution in [0.4, 0.5) is 5.82 Å². The van der Waals surface area contributed by atoms with Crippen LogP contribution in [0.5, 0.6) is 0 Å². The van der Waals surface area contributed by atoms with Gasteiger partial charge in [-0.05, 0) is 51.3 Å². The summed E-state index contributed by atoms with van der Waals surface area (Å²) in [7, 11) is 2.15. The van der Waals surface area contributed by atoms with E-state index in [2.05, 4.69) is 64.0 Å². The number of rotatable bonds is 8. The summed E-state index contributed by atoms with van der Waals surface area (Å²) in [5.74, 6) is 1.11. The van der Waals surface area contributed by atoms with E-state index in [1.165, 1.54) is 30.5 Å². The van der Waals surface area contributed by atoms with Gasteiger partial charge in [-0.1, -0.05) is 26.7 Å². The molecule has 3 heteroatoms. The second kappa shape index (κ2) is 8.38. The highest BCUT2D eigenvalue weighted by atomic mass is 15.2. The Labute approximate surface area is 131 Å². The average Bonchev–Trinajstić information content (AvgIpc) is 2.44.